The maximum absolute atomic E-state index is 13.7. The van der Waals surface area contributed by atoms with E-state index >= 15 is 0 Å². The molecule has 7 nitrogen and oxygen atoms in total. The van der Waals surface area contributed by atoms with E-state index in [9.17, 15) is 32.3 Å². The lowest BCUT2D eigenvalue weighted by Gasteiger charge is -2.21. The van der Waals surface area contributed by atoms with Gasteiger partial charge in [0.05, 0.1) is 16.8 Å². The lowest BCUT2D eigenvalue weighted by Crippen LogP contribution is -2.21. The second kappa shape index (κ2) is 11.7. The Morgan fingerprint density at radius 3 is 2.12 bits per heavy atom. The molecule has 2 rings (SSSR count). The van der Waals surface area contributed by atoms with Crippen LogP contribution in [0.3, 0.4) is 0 Å². The van der Waals surface area contributed by atoms with Gasteiger partial charge in [0.15, 0.2) is 0 Å². The lowest BCUT2D eigenvalue weighted by molar-refractivity contribution is -0.192. The number of halogens is 4. The summed E-state index contributed by atoms with van der Waals surface area (Å²) >= 11 is 0. The van der Waals surface area contributed by atoms with E-state index in [4.69, 9.17) is 9.90 Å². The fourth-order valence-electron chi connectivity index (χ4n) is 2.48. The van der Waals surface area contributed by atoms with Crippen molar-refractivity contribution in [2.24, 2.45) is 0 Å². The molecule has 0 aromatic heterocycles. The van der Waals surface area contributed by atoms with Gasteiger partial charge in [-0.2, -0.15) is 13.2 Å². The van der Waals surface area contributed by atoms with Crippen molar-refractivity contribution in [3.8, 4) is 0 Å². The number of alkyl halides is 3. The van der Waals surface area contributed by atoms with Gasteiger partial charge in [0.1, 0.15) is 5.82 Å². The number of aromatic carboxylic acids is 1. The predicted molar refractivity (Wildman–Crippen MR) is 110 cm³/mol. The van der Waals surface area contributed by atoms with Crippen LogP contribution in [-0.2, 0) is 4.79 Å². The maximum atomic E-state index is 13.7. The number of rotatable bonds is 7. The largest absolute Gasteiger partial charge is 0.490 e. The number of anilines is 2. The molecule has 0 aliphatic rings. The molecule has 0 unspecified atom stereocenters. The second-order valence-electron chi connectivity index (χ2n) is 6.55. The summed E-state index contributed by atoms with van der Waals surface area (Å²) in [6, 6.07) is 10.3. The highest BCUT2D eigenvalue weighted by Gasteiger charge is 2.38. The Labute approximate surface area is 181 Å². The standard InChI is InChI=1S/C19H21FN2O3.C2HF3O2/c1-3-4-11-22(2)17-10-9-13(12-15(17)19(24)25)21-18(23)14-7-5-6-8-16(14)20;3-2(4,5)1(6)7/h5-10,12H,3-4,11H2,1-2H3,(H,21,23)(H,24,25);(H,6,7). The van der Waals surface area contributed by atoms with Gasteiger partial charge in [-0.3, -0.25) is 4.79 Å². The highest BCUT2D eigenvalue weighted by molar-refractivity contribution is 6.05. The first-order chi connectivity index (χ1) is 14.9. The van der Waals surface area contributed by atoms with E-state index in [0.717, 1.165) is 19.4 Å². The minimum atomic E-state index is -5.08. The van der Waals surface area contributed by atoms with E-state index in [0.29, 0.717) is 11.4 Å². The molecule has 0 atom stereocenters. The summed E-state index contributed by atoms with van der Waals surface area (Å²) in [5, 5.41) is 19.1. The van der Waals surface area contributed by atoms with Gasteiger partial charge in [0.2, 0.25) is 0 Å². The third-order valence-corrected chi connectivity index (χ3v) is 4.10. The number of carboxylic acids is 2. The number of amides is 1. The first kappa shape index (κ1) is 26.4. The van der Waals surface area contributed by atoms with Gasteiger partial charge in [0, 0.05) is 19.3 Å². The summed E-state index contributed by atoms with van der Waals surface area (Å²) in [5.74, 6) is -5.09. The van der Waals surface area contributed by atoms with Gasteiger partial charge in [-0.25, -0.2) is 14.0 Å². The van der Waals surface area contributed by atoms with Gasteiger partial charge in [-0.05, 0) is 36.8 Å². The topological polar surface area (TPSA) is 107 Å². The molecule has 0 aliphatic heterocycles. The van der Waals surface area contributed by atoms with Gasteiger partial charge in [-0.15, -0.1) is 0 Å². The van der Waals surface area contributed by atoms with Crippen LogP contribution < -0.4 is 10.2 Å². The normalized spacial score (nSPS) is 10.6. The number of aliphatic carboxylic acids is 1. The van der Waals surface area contributed by atoms with Crippen LogP contribution in [0.1, 0.15) is 40.5 Å². The van der Waals surface area contributed by atoms with Crippen molar-refractivity contribution in [1.29, 1.82) is 0 Å². The van der Waals surface area contributed by atoms with Crippen molar-refractivity contribution in [1.82, 2.24) is 0 Å². The van der Waals surface area contributed by atoms with E-state index < -0.39 is 29.8 Å². The number of unbranched alkanes of at least 4 members (excludes halogenated alkanes) is 1. The number of nitrogens with zero attached hydrogens (tertiary/aromatic N) is 1. The number of benzene rings is 2. The van der Waals surface area contributed by atoms with Crippen molar-refractivity contribution in [3.63, 3.8) is 0 Å². The fourth-order valence-corrected chi connectivity index (χ4v) is 2.48. The van der Waals surface area contributed by atoms with E-state index in [2.05, 4.69) is 12.2 Å². The molecule has 0 heterocycles. The Balaban J connectivity index is 0.000000633. The summed E-state index contributed by atoms with van der Waals surface area (Å²) in [4.78, 5) is 34.5. The minimum Gasteiger partial charge on any atom is -0.478 e. The molecule has 2 aromatic carbocycles. The molecular weight excluding hydrogens is 436 g/mol. The zero-order valence-corrected chi connectivity index (χ0v) is 17.2. The molecular formula is C21H22F4N2O5. The molecule has 11 heteroatoms. The highest BCUT2D eigenvalue weighted by atomic mass is 19.4. The molecule has 0 saturated carbocycles. The SMILES string of the molecule is CCCCN(C)c1ccc(NC(=O)c2ccccc2F)cc1C(=O)O.O=C(O)C(F)(F)F. The van der Waals surface area contributed by atoms with Crippen molar-refractivity contribution >= 4 is 29.2 Å². The van der Waals surface area contributed by atoms with E-state index in [1.165, 1.54) is 24.3 Å². The Hall–Kier alpha value is -3.63. The van der Waals surface area contributed by atoms with Crippen LogP contribution in [0.5, 0.6) is 0 Å². The number of carbonyl (C=O) groups excluding carboxylic acids is 1. The average molecular weight is 458 g/mol. The molecule has 1 amide bonds. The van der Waals surface area contributed by atoms with Crippen LogP contribution in [0.15, 0.2) is 42.5 Å². The van der Waals surface area contributed by atoms with Crippen LogP contribution in [0, 0.1) is 5.82 Å². The second-order valence-corrected chi connectivity index (χ2v) is 6.55. The molecule has 174 valence electrons. The first-order valence-corrected chi connectivity index (χ1v) is 9.33. The molecule has 3 N–H and O–H groups in total. The number of carbonyl (C=O) groups is 3. The van der Waals surface area contributed by atoms with Crippen molar-refractivity contribution in [2.45, 2.75) is 25.9 Å². The zero-order valence-electron chi connectivity index (χ0n) is 17.2. The molecule has 0 saturated heterocycles. The number of carboxylic acid groups (broad SMARTS) is 2. The Morgan fingerprint density at radius 1 is 1.03 bits per heavy atom. The summed E-state index contributed by atoms with van der Waals surface area (Å²) < 4.78 is 45.4. The summed E-state index contributed by atoms with van der Waals surface area (Å²) in [7, 11) is 1.83. The summed E-state index contributed by atoms with van der Waals surface area (Å²) in [5.41, 5.74) is 0.872. The number of hydrogen-bond acceptors (Lipinski definition) is 4. The predicted octanol–water partition coefficient (Wildman–Crippen LogP) is 4.65. The minimum absolute atomic E-state index is 0.0879. The molecule has 0 bridgehead atoms. The molecule has 32 heavy (non-hydrogen) atoms. The zero-order chi connectivity index (χ0) is 24.5. The Bertz CT molecular complexity index is 963. The lowest BCUT2D eigenvalue weighted by atomic mass is 10.1. The summed E-state index contributed by atoms with van der Waals surface area (Å²) in [6.45, 7) is 2.80. The number of hydrogen-bond donors (Lipinski definition) is 3. The Morgan fingerprint density at radius 2 is 1.62 bits per heavy atom. The first-order valence-electron chi connectivity index (χ1n) is 9.33. The molecule has 0 radical (unpaired) electrons. The summed E-state index contributed by atoms with van der Waals surface area (Å²) in [6.07, 6.45) is -3.13. The third-order valence-electron chi connectivity index (χ3n) is 4.10. The maximum Gasteiger partial charge on any atom is 0.490 e. The number of nitrogens with one attached hydrogen (secondary N) is 1. The van der Waals surface area contributed by atoms with Gasteiger partial charge < -0.3 is 20.4 Å². The average Bonchev–Trinajstić information content (AvgIpc) is 2.71. The van der Waals surface area contributed by atoms with Crippen molar-refractivity contribution in [2.75, 3.05) is 23.8 Å². The quantitative estimate of drug-likeness (QED) is 0.522. The van der Waals surface area contributed by atoms with Crippen LogP contribution in [0.2, 0.25) is 0 Å². The Kier molecular flexibility index (Phi) is 9.64. The van der Waals surface area contributed by atoms with Crippen LogP contribution in [-0.4, -0.2) is 47.8 Å². The van der Waals surface area contributed by atoms with E-state index in [-0.39, 0.29) is 11.1 Å². The van der Waals surface area contributed by atoms with Crippen molar-refractivity contribution < 1.29 is 42.2 Å². The van der Waals surface area contributed by atoms with Gasteiger partial charge >= 0.3 is 18.1 Å². The van der Waals surface area contributed by atoms with Gasteiger partial charge in [-0.1, -0.05) is 25.5 Å². The smallest absolute Gasteiger partial charge is 0.478 e. The molecule has 0 spiro atoms. The fraction of sp³-hybridized carbons (Fsp3) is 0.286. The van der Waals surface area contributed by atoms with Crippen LogP contribution in [0.4, 0.5) is 28.9 Å². The van der Waals surface area contributed by atoms with E-state index in [1.807, 2.05) is 11.9 Å². The highest BCUT2D eigenvalue weighted by Crippen LogP contribution is 2.25. The van der Waals surface area contributed by atoms with Crippen LogP contribution in [0.25, 0.3) is 0 Å². The molecule has 0 fully saturated rings. The molecule has 0 aliphatic carbocycles. The van der Waals surface area contributed by atoms with Crippen LogP contribution >= 0.6 is 0 Å². The van der Waals surface area contributed by atoms with Gasteiger partial charge in [0.25, 0.3) is 5.91 Å². The third kappa shape index (κ3) is 7.89. The monoisotopic (exact) mass is 458 g/mol. The van der Waals surface area contributed by atoms with E-state index in [1.54, 1.807) is 18.2 Å². The van der Waals surface area contributed by atoms with Crippen molar-refractivity contribution in [3.05, 3.63) is 59.4 Å². The molecule has 2 aromatic rings.